The van der Waals surface area contributed by atoms with Gasteiger partial charge in [0.1, 0.15) is 0 Å². The fourth-order valence-corrected chi connectivity index (χ4v) is 1.92. The first-order chi connectivity index (χ1) is 9.13. The third-order valence-corrected chi connectivity index (χ3v) is 3.22. The zero-order valence-corrected chi connectivity index (χ0v) is 11.1. The van der Waals surface area contributed by atoms with Crippen molar-refractivity contribution in [2.45, 2.75) is 0 Å². The number of rotatable bonds is 2. The predicted molar refractivity (Wildman–Crippen MR) is 73.9 cm³/mol. The van der Waals surface area contributed by atoms with E-state index in [1.165, 1.54) is 6.07 Å². The minimum absolute atomic E-state index is 0.372. The van der Waals surface area contributed by atoms with Crippen LogP contribution in [0.25, 0.3) is 5.65 Å². The number of fused-ring (bicyclic) bond motifs is 1. The molecule has 0 amide bonds. The molecule has 2 heterocycles. The standard InChI is InChI=1S/C12H8Cl2N4O/c13-7-5-9(15)10(6-8(7)14)19-12-2-4-18-11(17-12)1-3-16-18/h1-6H,15H2. The van der Waals surface area contributed by atoms with Crippen molar-refractivity contribution < 1.29 is 4.74 Å². The lowest BCUT2D eigenvalue weighted by Crippen LogP contribution is -1.96. The highest BCUT2D eigenvalue weighted by Gasteiger charge is 2.08. The Balaban J connectivity index is 1.98. The molecule has 0 bridgehead atoms. The maximum Gasteiger partial charge on any atom is 0.222 e. The second-order valence-electron chi connectivity index (χ2n) is 3.81. The summed E-state index contributed by atoms with van der Waals surface area (Å²) in [6.45, 7) is 0. The maximum atomic E-state index is 5.93. The molecule has 0 aliphatic carbocycles. The van der Waals surface area contributed by atoms with Crippen LogP contribution < -0.4 is 10.5 Å². The van der Waals surface area contributed by atoms with Crippen LogP contribution in [0.2, 0.25) is 10.0 Å². The SMILES string of the molecule is Nc1cc(Cl)c(Cl)cc1Oc1ccn2nccc2n1. The van der Waals surface area contributed by atoms with Crippen molar-refractivity contribution in [3.05, 3.63) is 46.7 Å². The van der Waals surface area contributed by atoms with Crippen LogP contribution in [-0.2, 0) is 0 Å². The third-order valence-electron chi connectivity index (χ3n) is 2.50. The van der Waals surface area contributed by atoms with E-state index in [2.05, 4.69) is 10.1 Å². The Morgan fingerprint density at radius 1 is 1.16 bits per heavy atom. The van der Waals surface area contributed by atoms with Crippen molar-refractivity contribution >= 4 is 34.5 Å². The van der Waals surface area contributed by atoms with Gasteiger partial charge in [-0.1, -0.05) is 23.2 Å². The van der Waals surface area contributed by atoms with Gasteiger partial charge in [0.05, 0.1) is 21.9 Å². The van der Waals surface area contributed by atoms with Crippen LogP contribution in [0.4, 0.5) is 5.69 Å². The van der Waals surface area contributed by atoms with Gasteiger partial charge in [0.25, 0.3) is 0 Å². The highest BCUT2D eigenvalue weighted by atomic mass is 35.5. The first-order valence-corrected chi connectivity index (χ1v) is 6.12. The van der Waals surface area contributed by atoms with Gasteiger partial charge in [-0.25, -0.2) is 4.52 Å². The van der Waals surface area contributed by atoms with Gasteiger partial charge >= 0.3 is 0 Å². The lowest BCUT2D eigenvalue weighted by molar-refractivity contribution is 0.465. The predicted octanol–water partition coefficient (Wildman–Crippen LogP) is 3.41. The molecule has 19 heavy (non-hydrogen) atoms. The molecule has 5 nitrogen and oxygen atoms in total. The van der Waals surface area contributed by atoms with Crippen LogP contribution in [0.3, 0.4) is 0 Å². The van der Waals surface area contributed by atoms with Crippen molar-refractivity contribution in [3.63, 3.8) is 0 Å². The summed E-state index contributed by atoms with van der Waals surface area (Å²) < 4.78 is 7.23. The summed E-state index contributed by atoms with van der Waals surface area (Å²) in [7, 11) is 0. The number of aromatic nitrogens is 3. The van der Waals surface area contributed by atoms with Crippen LogP contribution in [0.15, 0.2) is 36.7 Å². The minimum atomic E-state index is 0.372. The molecule has 0 saturated heterocycles. The number of benzene rings is 1. The molecule has 0 aliphatic rings. The zero-order valence-electron chi connectivity index (χ0n) is 9.55. The van der Waals surface area contributed by atoms with E-state index in [-0.39, 0.29) is 0 Å². The van der Waals surface area contributed by atoms with Gasteiger partial charge in [0.15, 0.2) is 11.4 Å². The van der Waals surface area contributed by atoms with Crippen molar-refractivity contribution in [1.29, 1.82) is 0 Å². The van der Waals surface area contributed by atoms with E-state index in [4.69, 9.17) is 33.7 Å². The molecule has 96 valence electrons. The van der Waals surface area contributed by atoms with E-state index in [1.807, 2.05) is 0 Å². The van der Waals surface area contributed by atoms with E-state index in [0.29, 0.717) is 33.0 Å². The minimum Gasteiger partial charge on any atom is -0.437 e. The number of hydrogen-bond acceptors (Lipinski definition) is 4. The van der Waals surface area contributed by atoms with Crippen LogP contribution in [0, 0.1) is 0 Å². The first-order valence-electron chi connectivity index (χ1n) is 5.36. The number of nitrogen functional groups attached to an aromatic ring is 1. The molecule has 2 aromatic heterocycles. The number of nitrogens with two attached hydrogens (primary N) is 1. The van der Waals surface area contributed by atoms with E-state index < -0.39 is 0 Å². The van der Waals surface area contributed by atoms with E-state index >= 15 is 0 Å². The maximum absolute atomic E-state index is 5.93. The average molecular weight is 295 g/mol. The molecule has 3 rings (SSSR count). The molecule has 0 spiro atoms. The Morgan fingerprint density at radius 2 is 1.95 bits per heavy atom. The highest BCUT2D eigenvalue weighted by Crippen LogP contribution is 2.34. The topological polar surface area (TPSA) is 65.4 Å². The summed E-state index contributed by atoms with van der Waals surface area (Å²) in [5.41, 5.74) is 6.89. The molecule has 0 saturated carbocycles. The van der Waals surface area contributed by atoms with Crippen LogP contribution in [-0.4, -0.2) is 14.6 Å². The Hall–Kier alpha value is -1.98. The average Bonchev–Trinajstić information content (AvgIpc) is 2.83. The van der Waals surface area contributed by atoms with E-state index in [1.54, 1.807) is 35.1 Å². The first kappa shape index (κ1) is 12.1. The van der Waals surface area contributed by atoms with Gasteiger partial charge in [-0.15, -0.1) is 0 Å². The summed E-state index contributed by atoms with van der Waals surface area (Å²) in [4.78, 5) is 4.27. The molecule has 0 radical (unpaired) electrons. The Kier molecular flexibility index (Phi) is 2.93. The van der Waals surface area contributed by atoms with Crippen molar-refractivity contribution in [2.24, 2.45) is 0 Å². The molecular weight excluding hydrogens is 287 g/mol. The molecule has 0 fully saturated rings. The molecular formula is C12H8Cl2N4O. The van der Waals surface area contributed by atoms with Crippen molar-refractivity contribution in [2.75, 3.05) is 5.73 Å². The van der Waals surface area contributed by atoms with Gasteiger partial charge in [-0.3, -0.25) is 0 Å². The zero-order chi connectivity index (χ0) is 13.4. The van der Waals surface area contributed by atoms with Gasteiger partial charge in [-0.2, -0.15) is 10.1 Å². The van der Waals surface area contributed by atoms with E-state index in [9.17, 15) is 0 Å². The fourth-order valence-electron chi connectivity index (χ4n) is 1.60. The second kappa shape index (κ2) is 4.60. The number of anilines is 1. The van der Waals surface area contributed by atoms with Gasteiger partial charge in [-0.05, 0) is 6.07 Å². The lowest BCUT2D eigenvalue weighted by Gasteiger charge is -2.09. The van der Waals surface area contributed by atoms with Gasteiger partial charge < -0.3 is 10.5 Å². The number of nitrogens with zero attached hydrogens (tertiary/aromatic N) is 3. The quantitative estimate of drug-likeness (QED) is 0.736. The Labute approximate surface area is 118 Å². The molecule has 0 atom stereocenters. The normalized spacial score (nSPS) is 10.8. The monoisotopic (exact) mass is 294 g/mol. The number of hydrogen-bond donors (Lipinski definition) is 1. The molecule has 2 N–H and O–H groups in total. The number of halogens is 2. The smallest absolute Gasteiger partial charge is 0.222 e. The van der Waals surface area contributed by atoms with Gasteiger partial charge in [0.2, 0.25) is 5.88 Å². The molecule has 7 heteroatoms. The largest absolute Gasteiger partial charge is 0.437 e. The molecule has 0 unspecified atom stereocenters. The van der Waals surface area contributed by atoms with E-state index in [0.717, 1.165) is 0 Å². The summed E-state index contributed by atoms with van der Waals surface area (Å²) in [6, 6.07) is 6.55. The van der Waals surface area contributed by atoms with Crippen molar-refractivity contribution in [1.82, 2.24) is 14.6 Å². The Bertz CT molecular complexity index is 757. The molecule has 0 aliphatic heterocycles. The molecule has 3 aromatic rings. The summed E-state index contributed by atoms with van der Waals surface area (Å²) in [5.74, 6) is 0.809. The van der Waals surface area contributed by atoms with Crippen LogP contribution >= 0.6 is 23.2 Å². The van der Waals surface area contributed by atoms with Crippen LogP contribution in [0.1, 0.15) is 0 Å². The number of ether oxygens (including phenoxy) is 1. The summed E-state index contributed by atoms with van der Waals surface area (Å²) in [5, 5.41) is 4.80. The highest BCUT2D eigenvalue weighted by molar-refractivity contribution is 6.42. The summed E-state index contributed by atoms with van der Waals surface area (Å²) >= 11 is 11.8. The Morgan fingerprint density at radius 3 is 2.79 bits per heavy atom. The van der Waals surface area contributed by atoms with Gasteiger partial charge in [0, 0.05) is 24.4 Å². The summed E-state index contributed by atoms with van der Waals surface area (Å²) in [6.07, 6.45) is 3.39. The fraction of sp³-hybridized carbons (Fsp3) is 0. The lowest BCUT2D eigenvalue weighted by atomic mass is 10.3. The molecule has 1 aromatic carbocycles. The second-order valence-corrected chi connectivity index (χ2v) is 4.62. The third kappa shape index (κ3) is 2.30. The van der Waals surface area contributed by atoms with Crippen molar-refractivity contribution in [3.8, 4) is 11.6 Å². The van der Waals surface area contributed by atoms with Crippen LogP contribution in [0.5, 0.6) is 11.6 Å².